The summed E-state index contributed by atoms with van der Waals surface area (Å²) in [5.74, 6) is -0.408. The van der Waals surface area contributed by atoms with Gasteiger partial charge in [0.2, 0.25) is 0 Å². The number of ether oxygens (including phenoxy) is 6. The first-order valence-electron chi connectivity index (χ1n) is 23.1. The molecule has 344 valence electrons. The molecule has 14 nitrogen and oxygen atoms in total. The molecule has 2 heterocycles. The van der Waals surface area contributed by atoms with Crippen molar-refractivity contribution in [3.8, 4) is 0 Å². The van der Waals surface area contributed by atoms with Gasteiger partial charge in [-0.25, -0.2) is 0 Å². The zero-order valence-electron chi connectivity index (χ0n) is 36.1. The van der Waals surface area contributed by atoms with Gasteiger partial charge in [0.15, 0.2) is 12.6 Å². The zero-order chi connectivity index (χ0) is 42.4. The van der Waals surface area contributed by atoms with Gasteiger partial charge in [0.25, 0.3) is 0 Å². The summed E-state index contributed by atoms with van der Waals surface area (Å²) in [7, 11) is 0. The Labute approximate surface area is 349 Å². The molecular formula is C44H84O14. The molecule has 0 aliphatic carbocycles. The maximum Gasteiger partial charge on any atom is 0.306 e. The molecule has 0 bridgehead atoms. The predicted octanol–water partition coefficient (Wildman–Crippen LogP) is 5.35. The Morgan fingerprint density at radius 2 is 0.914 bits per heavy atom. The third-order valence-corrected chi connectivity index (χ3v) is 11.4. The van der Waals surface area contributed by atoms with Gasteiger partial charge in [-0.1, -0.05) is 155 Å². The van der Waals surface area contributed by atoms with Crippen molar-refractivity contribution < 1.29 is 69.0 Å². The van der Waals surface area contributed by atoms with E-state index in [-0.39, 0.29) is 19.6 Å². The Kier molecular flexibility index (Phi) is 30.8. The standard InChI is InChI=1S/C44H84O14/c1-3-5-7-8-9-10-11-12-13-14-15-16-17-18-19-20-21-22-23-24-25-26-28-53-30-33(56-36(46)27-6-4-2)31-54-43-42(52)40(50)38(48)35(58-43)32-55-44-41(51)39(49)37(47)34(29-45)57-44/h33-35,37-45,47-52H,3-32H2,1-2H3. The summed E-state index contributed by atoms with van der Waals surface area (Å²) in [6, 6.07) is 0. The minimum absolute atomic E-state index is 0.0642. The van der Waals surface area contributed by atoms with E-state index in [2.05, 4.69) is 6.92 Å². The third kappa shape index (κ3) is 22.2. The molecule has 2 aliphatic heterocycles. The average Bonchev–Trinajstić information content (AvgIpc) is 3.22. The SMILES string of the molecule is CCCCCCCCCCCCCCCCCCCCCCCCOCC(COC1OC(COC2OC(CO)C(O)C(O)C2O)C(O)C(O)C1O)OC(=O)CCCC. The summed E-state index contributed by atoms with van der Waals surface area (Å²) in [6.07, 6.45) is 14.7. The molecule has 2 saturated heterocycles. The molecule has 0 spiro atoms. The van der Waals surface area contributed by atoms with Crippen molar-refractivity contribution in [3.05, 3.63) is 0 Å². The molecule has 2 fully saturated rings. The molecule has 58 heavy (non-hydrogen) atoms. The van der Waals surface area contributed by atoms with Gasteiger partial charge < -0.3 is 64.2 Å². The van der Waals surface area contributed by atoms with E-state index in [0.717, 1.165) is 25.7 Å². The zero-order valence-corrected chi connectivity index (χ0v) is 36.1. The minimum atomic E-state index is -1.70. The number of hydrogen-bond donors (Lipinski definition) is 7. The van der Waals surface area contributed by atoms with Gasteiger partial charge in [0.1, 0.15) is 54.9 Å². The van der Waals surface area contributed by atoms with E-state index in [0.29, 0.717) is 13.0 Å². The van der Waals surface area contributed by atoms with Crippen molar-refractivity contribution in [2.75, 3.05) is 33.0 Å². The highest BCUT2D eigenvalue weighted by molar-refractivity contribution is 5.69. The van der Waals surface area contributed by atoms with E-state index in [1.54, 1.807) is 0 Å². The number of unbranched alkanes of at least 4 members (excludes halogenated alkanes) is 22. The van der Waals surface area contributed by atoms with Crippen molar-refractivity contribution in [1.29, 1.82) is 0 Å². The van der Waals surface area contributed by atoms with Crippen LogP contribution in [0.5, 0.6) is 0 Å². The number of hydrogen-bond acceptors (Lipinski definition) is 14. The molecular weight excluding hydrogens is 752 g/mol. The molecule has 7 N–H and O–H groups in total. The minimum Gasteiger partial charge on any atom is -0.457 e. The van der Waals surface area contributed by atoms with Gasteiger partial charge in [-0.2, -0.15) is 0 Å². The molecule has 2 aliphatic rings. The Morgan fingerprint density at radius 1 is 0.500 bits per heavy atom. The third-order valence-electron chi connectivity index (χ3n) is 11.4. The van der Waals surface area contributed by atoms with Crippen molar-refractivity contribution in [2.45, 2.75) is 242 Å². The van der Waals surface area contributed by atoms with Crippen LogP contribution in [0.3, 0.4) is 0 Å². The van der Waals surface area contributed by atoms with Crippen LogP contribution >= 0.6 is 0 Å². The number of rotatable bonds is 36. The maximum atomic E-state index is 12.5. The Hall–Kier alpha value is -1.01. The second kappa shape index (κ2) is 33.6. The highest BCUT2D eigenvalue weighted by atomic mass is 16.7. The van der Waals surface area contributed by atoms with Crippen LogP contribution in [0.4, 0.5) is 0 Å². The molecule has 11 atom stereocenters. The fraction of sp³-hybridized carbons (Fsp3) is 0.977. The van der Waals surface area contributed by atoms with E-state index in [1.807, 2.05) is 6.92 Å². The fourth-order valence-electron chi connectivity index (χ4n) is 7.50. The second-order valence-corrected chi connectivity index (χ2v) is 16.6. The molecule has 0 saturated carbocycles. The van der Waals surface area contributed by atoms with E-state index < -0.39 is 86.7 Å². The number of aliphatic hydroxyl groups is 7. The molecule has 0 amide bonds. The first-order chi connectivity index (χ1) is 28.1. The smallest absolute Gasteiger partial charge is 0.306 e. The molecule has 0 radical (unpaired) electrons. The van der Waals surface area contributed by atoms with Crippen LogP contribution in [0.25, 0.3) is 0 Å². The highest BCUT2D eigenvalue weighted by Crippen LogP contribution is 2.26. The topological polar surface area (TPSA) is 214 Å². The van der Waals surface area contributed by atoms with Gasteiger partial charge in [-0.3, -0.25) is 4.79 Å². The highest BCUT2D eigenvalue weighted by Gasteiger charge is 2.47. The molecule has 11 unspecified atom stereocenters. The number of carbonyl (C=O) groups is 1. The van der Waals surface area contributed by atoms with E-state index in [1.165, 1.54) is 122 Å². The first-order valence-corrected chi connectivity index (χ1v) is 23.1. The molecule has 0 aromatic heterocycles. The van der Waals surface area contributed by atoms with Crippen LogP contribution < -0.4 is 0 Å². The lowest BCUT2D eigenvalue weighted by Gasteiger charge is -2.42. The average molecular weight is 837 g/mol. The summed E-state index contributed by atoms with van der Waals surface area (Å²) in [5.41, 5.74) is 0. The molecule has 14 heteroatoms. The Bertz CT molecular complexity index is 975. The first kappa shape index (κ1) is 53.1. The Morgan fingerprint density at radius 3 is 1.38 bits per heavy atom. The summed E-state index contributed by atoms with van der Waals surface area (Å²) in [4.78, 5) is 12.5. The summed E-state index contributed by atoms with van der Waals surface area (Å²) in [6.45, 7) is 3.45. The van der Waals surface area contributed by atoms with Crippen molar-refractivity contribution >= 4 is 5.97 Å². The van der Waals surface area contributed by atoms with Crippen molar-refractivity contribution in [3.63, 3.8) is 0 Å². The molecule has 2 rings (SSSR count). The van der Waals surface area contributed by atoms with Gasteiger partial charge in [0, 0.05) is 13.0 Å². The lowest BCUT2D eigenvalue weighted by molar-refractivity contribution is -0.332. The lowest BCUT2D eigenvalue weighted by atomic mass is 9.98. The lowest BCUT2D eigenvalue weighted by Crippen LogP contribution is -2.61. The van der Waals surface area contributed by atoms with E-state index >= 15 is 0 Å². The van der Waals surface area contributed by atoms with Gasteiger partial charge in [-0.15, -0.1) is 0 Å². The van der Waals surface area contributed by atoms with Crippen LogP contribution in [0.2, 0.25) is 0 Å². The van der Waals surface area contributed by atoms with E-state index in [4.69, 9.17) is 28.4 Å². The molecule has 0 aromatic carbocycles. The number of carbonyl (C=O) groups excluding carboxylic acids is 1. The fourth-order valence-corrected chi connectivity index (χ4v) is 7.50. The predicted molar refractivity (Wildman–Crippen MR) is 220 cm³/mol. The largest absolute Gasteiger partial charge is 0.457 e. The van der Waals surface area contributed by atoms with Crippen LogP contribution in [0, 0.1) is 0 Å². The van der Waals surface area contributed by atoms with Crippen LogP contribution in [-0.2, 0) is 33.2 Å². The van der Waals surface area contributed by atoms with Crippen molar-refractivity contribution in [1.82, 2.24) is 0 Å². The van der Waals surface area contributed by atoms with Gasteiger partial charge in [0.05, 0.1) is 26.4 Å². The number of esters is 1. The maximum absolute atomic E-state index is 12.5. The van der Waals surface area contributed by atoms with Gasteiger partial charge >= 0.3 is 5.97 Å². The quantitative estimate of drug-likeness (QED) is 0.0313. The summed E-state index contributed by atoms with van der Waals surface area (Å²) in [5, 5.41) is 71.4. The van der Waals surface area contributed by atoms with Gasteiger partial charge in [-0.05, 0) is 12.8 Å². The molecule has 0 aromatic rings. The normalized spacial score (nSPS) is 28.2. The monoisotopic (exact) mass is 837 g/mol. The second-order valence-electron chi connectivity index (χ2n) is 16.6. The van der Waals surface area contributed by atoms with Crippen LogP contribution in [0.1, 0.15) is 174 Å². The van der Waals surface area contributed by atoms with Crippen LogP contribution in [-0.4, -0.2) is 142 Å². The van der Waals surface area contributed by atoms with Crippen LogP contribution in [0.15, 0.2) is 0 Å². The van der Waals surface area contributed by atoms with E-state index in [9.17, 15) is 40.5 Å². The summed E-state index contributed by atoms with van der Waals surface area (Å²) >= 11 is 0. The van der Waals surface area contributed by atoms with Crippen molar-refractivity contribution in [2.24, 2.45) is 0 Å². The number of aliphatic hydroxyl groups excluding tert-OH is 7. The Balaban J connectivity index is 1.59. The summed E-state index contributed by atoms with van der Waals surface area (Å²) < 4.78 is 33.7.